The summed E-state index contributed by atoms with van der Waals surface area (Å²) in [6, 6.07) is 5.77. The van der Waals surface area contributed by atoms with Crippen LogP contribution in [0.5, 0.6) is 0 Å². The second-order valence-corrected chi connectivity index (χ2v) is 6.27. The molecule has 1 aromatic carbocycles. The highest BCUT2D eigenvalue weighted by Gasteiger charge is 2.15. The summed E-state index contributed by atoms with van der Waals surface area (Å²) in [7, 11) is 0. The molecule has 20 heavy (non-hydrogen) atoms. The Labute approximate surface area is 121 Å². The maximum Gasteiger partial charge on any atom is 0.234 e. The van der Waals surface area contributed by atoms with Crippen LogP contribution >= 0.6 is 11.8 Å². The molecule has 0 saturated carbocycles. The number of carbonyl (C=O) groups excluding carboxylic acids is 1. The van der Waals surface area contributed by atoms with Crippen molar-refractivity contribution in [1.82, 2.24) is 15.5 Å². The molecule has 5 nitrogen and oxygen atoms in total. The number of amides is 1. The van der Waals surface area contributed by atoms with Gasteiger partial charge in [0.05, 0.1) is 17.5 Å². The van der Waals surface area contributed by atoms with Crippen LogP contribution in [0.1, 0.15) is 12.8 Å². The van der Waals surface area contributed by atoms with Gasteiger partial charge in [-0.3, -0.25) is 9.89 Å². The van der Waals surface area contributed by atoms with Crippen LogP contribution in [-0.4, -0.2) is 40.2 Å². The number of nitrogens with zero attached hydrogens (tertiary/aromatic N) is 1. The predicted octanol–water partition coefficient (Wildman–Crippen LogP) is 1.99. The molecule has 0 aliphatic carbocycles. The van der Waals surface area contributed by atoms with E-state index >= 15 is 0 Å². The highest BCUT2D eigenvalue weighted by molar-refractivity contribution is 8.00. The van der Waals surface area contributed by atoms with Crippen LogP contribution in [0.2, 0.25) is 0 Å². The molecule has 0 unspecified atom stereocenters. The number of hydrogen-bond donors (Lipinski definition) is 3. The van der Waals surface area contributed by atoms with Crippen LogP contribution in [0.15, 0.2) is 24.4 Å². The number of thioether (sulfide) groups is 1. The van der Waals surface area contributed by atoms with E-state index in [1.165, 1.54) is 0 Å². The molecular formula is C14H18N4OS. The molecule has 1 fully saturated rings. The highest BCUT2D eigenvalue weighted by Crippen LogP contribution is 2.21. The van der Waals surface area contributed by atoms with Crippen molar-refractivity contribution in [1.29, 1.82) is 0 Å². The van der Waals surface area contributed by atoms with Crippen molar-refractivity contribution in [2.75, 3.05) is 24.2 Å². The van der Waals surface area contributed by atoms with Gasteiger partial charge in [0, 0.05) is 16.3 Å². The van der Waals surface area contributed by atoms with Crippen molar-refractivity contribution in [2.45, 2.75) is 18.1 Å². The fourth-order valence-corrected chi connectivity index (χ4v) is 3.40. The number of benzene rings is 1. The van der Waals surface area contributed by atoms with Crippen LogP contribution in [0.4, 0.5) is 5.69 Å². The zero-order valence-corrected chi connectivity index (χ0v) is 12.0. The number of nitrogens with one attached hydrogen (secondary N) is 3. The van der Waals surface area contributed by atoms with E-state index in [0.29, 0.717) is 11.0 Å². The Kier molecular flexibility index (Phi) is 4.22. The normalized spacial score (nSPS) is 16.4. The summed E-state index contributed by atoms with van der Waals surface area (Å²) in [5.41, 5.74) is 1.76. The first-order valence-corrected chi connectivity index (χ1v) is 7.91. The van der Waals surface area contributed by atoms with Crippen molar-refractivity contribution >= 4 is 34.3 Å². The Balaban J connectivity index is 1.52. The molecule has 2 aromatic rings. The van der Waals surface area contributed by atoms with Crippen LogP contribution < -0.4 is 10.6 Å². The molecular weight excluding hydrogens is 272 g/mol. The van der Waals surface area contributed by atoms with Gasteiger partial charge in [-0.2, -0.15) is 5.10 Å². The van der Waals surface area contributed by atoms with E-state index < -0.39 is 0 Å². The van der Waals surface area contributed by atoms with Crippen LogP contribution in [0.3, 0.4) is 0 Å². The SMILES string of the molecule is O=C(CSC1CCNCC1)Nc1ccc2cn[nH]c2c1. The van der Waals surface area contributed by atoms with E-state index in [2.05, 4.69) is 20.8 Å². The van der Waals surface area contributed by atoms with Gasteiger partial charge in [0.25, 0.3) is 0 Å². The summed E-state index contributed by atoms with van der Waals surface area (Å²) in [5.74, 6) is 0.582. The van der Waals surface area contributed by atoms with Gasteiger partial charge in [-0.05, 0) is 44.1 Å². The number of hydrogen-bond acceptors (Lipinski definition) is 4. The third kappa shape index (κ3) is 3.32. The standard InChI is InChI=1S/C14H18N4OS/c19-14(9-20-12-3-5-15-6-4-12)17-11-2-1-10-8-16-18-13(10)7-11/h1-2,7-8,12,15H,3-6,9H2,(H,16,18)(H,17,19). The summed E-state index contributed by atoms with van der Waals surface area (Å²) < 4.78 is 0. The Morgan fingerprint density at radius 1 is 1.40 bits per heavy atom. The minimum absolute atomic E-state index is 0.0624. The number of aromatic nitrogens is 2. The Hall–Kier alpha value is -1.53. The highest BCUT2D eigenvalue weighted by atomic mass is 32.2. The largest absolute Gasteiger partial charge is 0.325 e. The lowest BCUT2D eigenvalue weighted by atomic mass is 10.2. The fourth-order valence-electron chi connectivity index (χ4n) is 2.37. The van der Waals surface area contributed by atoms with Crippen LogP contribution in [0, 0.1) is 0 Å². The van der Waals surface area contributed by atoms with Gasteiger partial charge in [-0.25, -0.2) is 0 Å². The monoisotopic (exact) mass is 290 g/mol. The molecule has 106 valence electrons. The summed E-state index contributed by atoms with van der Waals surface area (Å²) in [4.78, 5) is 12.0. The lowest BCUT2D eigenvalue weighted by Gasteiger charge is -2.21. The van der Waals surface area contributed by atoms with Gasteiger partial charge in [0.1, 0.15) is 0 Å². The quantitative estimate of drug-likeness (QED) is 0.805. The average Bonchev–Trinajstić information content (AvgIpc) is 2.94. The van der Waals surface area contributed by atoms with Crippen molar-refractivity contribution < 1.29 is 4.79 Å². The number of anilines is 1. The molecule has 0 spiro atoms. The minimum atomic E-state index is 0.0624. The van der Waals surface area contributed by atoms with E-state index in [1.807, 2.05) is 18.2 Å². The van der Waals surface area contributed by atoms with Crippen molar-refractivity contribution in [3.8, 4) is 0 Å². The molecule has 3 rings (SSSR count). The van der Waals surface area contributed by atoms with E-state index in [-0.39, 0.29) is 5.91 Å². The first-order chi connectivity index (χ1) is 9.81. The molecule has 2 heterocycles. The second-order valence-electron chi connectivity index (χ2n) is 4.98. The van der Waals surface area contributed by atoms with Gasteiger partial charge in [-0.15, -0.1) is 11.8 Å². The molecule has 1 aliphatic rings. The van der Waals surface area contributed by atoms with E-state index in [1.54, 1.807) is 18.0 Å². The minimum Gasteiger partial charge on any atom is -0.325 e. The zero-order chi connectivity index (χ0) is 13.8. The van der Waals surface area contributed by atoms with Crippen molar-refractivity contribution in [3.05, 3.63) is 24.4 Å². The van der Waals surface area contributed by atoms with Crippen molar-refractivity contribution in [2.24, 2.45) is 0 Å². The summed E-state index contributed by atoms with van der Waals surface area (Å²) >= 11 is 1.76. The molecule has 1 aromatic heterocycles. The number of aromatic amines is 1. The number of carbonyl (C=O) groups is 1. The lowest BCUT2D eigenvalue weighted by Crippen LogP contribution is -2.30. The maximum atomic E-state index is 12.0. The lowest BCUT2D eigenvalue weighted by molar-refractivity contribution is -0.113. The topological polar surface area (TPSA) is 69.8 Å². The third-order valence-corrected chi connectivity index (χ3v) is 4.83. The maximum absolute atomic E-state index is 12.0. The molecule has 0 atom stereocenters. The fraction of sp³-hybridized carbons (Fsp3) is 0.429. The molecule has 3 N–H and O–H groups in total. The molecule has 1 amide bonds. The predicted molar refractivity (Wildman–Crippen MR) is 83.1 cm³/mol. The first kappa shape index (κ1) is 13.5. The zero-order valence-electron chi connectivity index (χ0n) is 11.2. The van der Waals surface area contributed by atoms with Crippen molar-refractivity contribution in [3.63, 3.8) is 0 Å². The first-order valence-electron chi connectivity index (χ1n) is 6.86. The number of rotatable bonds is 4. The summed E-state index contributed by atoms with van der Waals surface area (Å²) in [6.45, 7) is 2.13. The molecule has 0 radical (unpaired) electrons. The van der Waals surface area contributed by atoms with E-state index in [9.17, 15) is 4.79 Å². The van der Waals surface area contributed by atoms with Gasteiger partial charge >= 0.3 is 0 Å². The Morgan fingerprint density at radius 3 is 3.10 bits per heavy atom. The van der Waals surface area contributed by atoms with E-state index in [4.69, 9.17) is 0 Å². The van der Waals surface area contributed by atoms with Crippen LogP contribution in [0.25, 0.3) is 10.9 Å². The van der Waals surface area contributed by atoms with Gasteiger partial charge in [0.2, 0.25) is 5.91 Å². The van der Waals surface area contributed by atoms with E-state index in [0.717, 1.165) is 42.5 Å². The number of piperidine rings is 1. The smallest absolute Gasteiger partial charge is 0.234 e. The molecule has 6 heteroatoms. The molecule has 1 saturated heterocycles. The Bertz CT molecular complexity index is 592. The third-order valence-electron chi connectivity index (χ3n) is 3.46. The van der Waals surface area contributed by atoms with Gasteiger partial charge < -0.3 is 10.6 Å². The van der Waals surface area contributed by atoms with Gasteiger partial charge in [0.15, 0.2) is 0 Å². The van der Waals surface area contributed by atoms with Crippen LogP contribution in [-0.2, 0) is 4.79 Å². The Morgan fingerprint density at radius 2 is 2.25 bits per heavy atom. The average molecular weight is 290 g/mol. The summed E-state index contributed by atoms with van der Waals surface area (Å²) in [5, 5.41) is 14.8. The molecule has 0 bridgehead atoms. The number of fused-ring (bicyclic) bond motifs is 1. The second kappa shape index (κ2) is 6.28. The summed E-state index contributed by atoms with van der Waals surface area (Å²) in [6.07, 6.45) is 4.07. The molecule has 1 aliphatic heterocycles. The number of H-pyrrole nitrogens is 1. The van der Waals surface area contributed by atoms with Gasteiger partial charge in [-0.1, -0.05) is 0 Å².